The van der Waals surface area contributed by atoms with Gasteiger partial charge < -0.3 is 0 Å². The average Bonchev–Trinajstić information content (AvgIpc) is 3.09. The molecule has 1 amide bonds. The van der Waals surface area contributed by atoms with Crippen molar-refractivity contribution in [2.24, 2.45) is 0 Å². The Morgan fingerprint density at radius 2 is 1.83 bits per heavy atom. The van der Waals surface area contributed by atoms with Gasteiger partial charge in [0.05, 0.1) is 16.9 Å². The van der Waals surface area contributed by atoms with Crippen molar-refractivity contribution in [2.45, 2.75) is 25.0 Å². The molecule has 2 atom stereocenters. The van der Waals surface area contributed by atoms with Gasteiger partial charge in [0.2, 0.25) is 5.91 Å². The first kappa shape index (κ1) is 15.0. The summed E-state index contributed by atoms with van der Waals surface area (Å²) in [5.74, 6) is 0.0881. The summed E-state index contributed by atoms with van der Waals surface area (Å²) in [5.41, 5.74) is 1.79. The van der Waals surface area contributed by atoms with Crippen LogP contribution < -0.4 is 4.90 Å². The molecule has 5 heteroatoms. The first-order valence-corrected chi connectivity index (χ1v) is 8.51. The number of nitrogens with zero attached hydrogens (tertiary/aromatic N) is 2. The van der Waals surface area contributed by atoms with Crippen LogP contribution in [0.4, 0.5) is 5.69 Å². The highest BCUT2D eigenvalue weighted by Crippen LogP contribution is 2.43. The molecule has 0 spiro atoms. The molecule has 0 radical (unpaired) electrons. The zero-order valence-corrected chi connectivity index (χ0v) is 14.0. The van der Waals surface area contributed by atoms with Crippen LogP contribution in [-0.4, -0.2) is 23.5 Å². The topological polar surface area (TPSA) is 23.6 Å². The zero-order chi connectivity index (χ0) is 16.0. The lowest BCUT2D eigenvalue weighted by atomic mass is 10.1. The maximum atomic E-state index is 13.1. The van der Waals surface area contributed by atoms with Crippen LogP contribution in [-0.2, 0) is 4.79 Å². The number of fused-ring (bicyclic) bond motifs is 1. The summed E-state index contributed by atoms with van der Waals surface area (Å²) < 4.78 is 0. The Morgan fingerprint density at radius 3 is 2.57 bits per heavy atom. The molecule has 2 saturated heterocycles. The Bertz CT molecular complexity index is 750. The molecule has 2 aliphatic heterocycles. The van der Waals surface area contributed by atoms with E-state index < -0.39 is 0 Å². The third-order valence-electron chi connectivity index (χ3n) is 4.65. The van der Waals surface area contributed by atoms with Gasteiger partial charge in [-0.2, -0.15) is 0 Å². The van der Waals surface area contributed by atoms with E-state index in [1.54, 1.807) is 12.1 Å². The van der Waals surface area contributed by atoms with E-state index in [0.29, 0.717) is 10.0 Å². The second-order valence-corrected chi connectivity index (χ2v) is 6.82. The summed E-state index contributed by atoms with van der Waals surface area (Å²) in [6.07, 6.45) is 2.13. The highest BCUT2D eigenvalue weighted by Gasteiger charge is 2.49. The Hall–Kier alpha value is -1.55. The Labute approximate surface area is 145 Å². The Kier molecular flexibility index (Phi) is 3.80. The van der Waals surface area contributed by atoms with Gasteiger partial charge in [-0.3, -0.25) is 14.6 Å². The molecule has 0 aromatic heterocycles. The van der Waals surface area contributed by atoms with Crippen molar-refractivity contribution in [3.63, 3.8) is 0 Å². The summed E-state index contributed by atoms with van der Waals surface area (Å²) >= 11 is 12.4. The highest BCUT2D eigenvalue weighted by molar-refractivity contribution is 6.36. The van der Waals surface area contributed by atoms with Crippen LogP contribution in [0.3, 0.4) is 0 Å². The van der Waals surface area contributed by atoms with Gasteiger partial charge in [-0.15, -0.1) is 0 Å². The fraction of sp³-hybridized carbons (Fsp3) is 0.278. The van der Waals surface area contributed by atoms with Crippen molar-refractivity contribution in [1.29, 1.82) is 0 Å². The van der Waals surface area contributed by atoms with Crippen LogP contribution in [0.5, 0.6) is 0 Å². The van der Waals surface area contributed by atoms with Crippen LogP contribution in [0.2, 0.25) is 10.0 Å². The zero-order valence-electron chi connectivity index (χ0n) is 12.5. The molecule has 0 aliphatic carbocycles. The summed E-state index contributed by atoms with van der Waals surface area (Å²) in [6.45, 7) is 0.928. The molecule has 0 saturated carbocycles. The van der Waals surface area contributed by atoms with Crippen molar-refractivity contribution in [2.75, 3.05) is 11.4 Å². The summed E-state index contributed by atoms with van der Waals surface area (Å²) in [7, 11) is 0. The molecular weight excluding hydrogens is 331 g/mol. The fourth-order valence-corrected chi connectivity index (χ4v) is 4.20. The van der Waals surface area contributed by atoms with Gasteiger partial charge in [-0.25, -0.2) is 0 Å². The van der Waals surface area contributed by atoms with E-state index in [1.807, 2.05) is 41.3 Å². The smallest absolute Gasteiger partial charge is 0.250 e. The van der Waals surface area contributed by atoms with Crippen LogP contribution >= 0.6 is 23.2 Å². The third-order valence-corrected chi connectivity index (χ3v) is 5.18. The monoisotopic (exact) mass is 346 g/mol. The quantitative estimate of drug-likeness (QED) is 0.798. The summed E-state index contributed by atoms with van der Waals surface area (Å²) in [5, 5.41) is 1.10. The predicted octanol–water partition coefficient (Wildman–Crippen LogP) is 4.50. The summed E-state index contributed by atoms with van der Waals surface area (Å²) in [4.78, 5) is 17.3. The van der Waals surface area contributed by atoms with Gasteiger partial charge in [-0.05, 0) is 36.6 Å². The molecule has 3 nitrogen and oxygen atoms in total. The second kappa shape index (κ2) is 5.82. The number of anilines is 1. The molecule has 4 rings (SSSR count). The third kappa shape index (κ3) is 2.44. The highest BCUT2D eigenvalue weighted by atomic mass is 35.5. The van der Waals surface area contributed by atoms with Gasteiger partial charge >= 0.3 is 0 Å². The van der Waals surface area contributed by atoms with Gasteiger partial charge in [0.1, 0.15) is 6.04 Å². The van der Waals surface area contributed by atoms with Crippen molar-refractivity contribution < 1.29 is 4.79 Å². The number of carbonyl (C=O) groups excluding carboxylic acids is 1. The molecule has 0 N–H and O–H groups in total. The molecule has 23 heavy (non-hydrogen) atoms. The number of halogens is 2. The van der Waals surface area contributed by atoms with Crippen molar-refractivity contribution in [3.8, 4) is 0 Å². The van der Waals surface area contributed by atoms with Crippen LogP contribution in [0, 0.1) is 0 Å². The standard InChI is InChI=1S/C18H16Cl2N2O/c19-13-8-9-15(14(20)11-13)22-16-7-4-10-21(16)17(18(22)23)12-5-2-1-3-6-12/h1-3,5-6,8-9,11,16-17H,4,7,10H2/t16-,17+/m0/s1. The molecule has 2 aromatic carbocycles. The van der Waals surface area contributed by atoms with Gasteiger partial charge in [-0.1, -0.05) is 53.5 Å². The number of hydrogen-bond donors (Lipinski definition) is 0. The lowest BCUT2D eigenvalue weighted by Gasteiger charge is -2.25. The molecule has 2 fully saturated rings. The largest absolute Gasteiger partial charge is 0.293 e. The molecule has 0 unspecified atom stereocenters. The van der Waals surface area contributed by atoms with Crippen LogP contribution in [0.25, 0.3) is 0 Å². The number of rotatable bonds is 2. The fourth-order valence-electron chi connectivity index (χ4n) is 3.70. The van der Waals surface area contributed by atoms with Gasteiger partial charge in [0.25, 0.3) is 0 Å². The minimum Gasteiger partial charge on any atom is -0.293 e. The normalized spacial score (nSPS) is 24.3. The van der Waals surface area contributed by atoms with Crippen LogP contribution in [0.1, 0.15) is 24.4 Å². The Balaban J connectivity index is 1.78. The minimum atomic E-state index is -0.226. The lowest BCUT2D eigenvalue weighted by molar-refractivity contribution is -0.119. The van der Waals surface area contributed by atoms with Crippen LogP contribution in [0.15, 0.2) is 48.5 Å². The van der Waals surface area contributed by atoms with E-state index in [0.717, 1.165) is 30.6 Å². The first-order chi connectivity index (χ1) is 11.2. The summed E-state index contributed by atoms with van der Waals surface area (Å²) in [6, 6.07) is 15.1. The molecule has 2 heterocycles. The number of amides is 1. The van der Waals surface area contributed by atoms with Crippen molar-refractivity contribution in [1.82, 2.24) is 4.90 Å². The maximum Gasteiger partial charge on any atom is 0.250 e. The minimum absolute atomic E-state index is 0.0754. The van der Waals surface area contributed by atoms with E-state index >= 15 is 0 Å². The maximum absolute atomic E-state index is 13.1. The molecular formula is C18H16Cl2N2O. The Morgan fingerprint density at radius 1 is 1.04 bits per heavy atom. The van der Waals surface area contributed by atoms with Gasteiger partial charge in [0.15, 0.2) is 0 Å². The number of benzene rings is 2. The SMILES string of the molecule is O=C1[C@@H](c2ccccc2)N2CCC[C@@H]2N1c1ccc(Cl)cc1Cl. The molecule has 118 valence electrons. The second-order valence-electron chi connectivity index (χ2n) is 5.98. The van der Waals surface area contributed by atoms with Crippen molar-refractivity contribution in [3.05, 3.63) is 64.1 Å². The van der Waals surface area contributed by atoms with E-state index in [9.17, 15) is 4.79 Å². The average molecular weight is 347 g/mol. The van der Waals surface area contributed by atoms with E-state index in [1.165, 1.54) is 0 Å². The van der Waals surface area contributed by atoms with E-state index in [-0.39, 0.29) is 18.1 Å². The molecule has 2 aromatic rings. The predicted molar refractivity (Wildman–Crippen MR) is 92.9 cm³/mol. The number of carbonyl (C=O) groups is 1. The number of hydrogen-bond acceptors (Lipinski definition) is 2. The lowest BCUT2D eigenvalue weighted by Crippen LogP contribution is -2.35. The van der Waals surface area contributed by atoms with Crippen molar-refractivity contribution >= 4 is 34.8 Å². The van der Waals surface area contributed by atoms with E-state index in [2.05, 4.69) is 4.90 Å². The molecule has 0 bridgehead atoms. The van der Waals surface area contributed by atoms with E-state index in [4.69, 9.17) is 23.2 Å². The first-order valence-electron chi connectivity index (χ1n) is 7.75. The molecule has 2 aliphatic rings. The van der Waals surface area contributed by atoms with Gasteiger partial charge in [0, 0.05) is 11.6 Å².